The first-order valence-electron chi connectivity index (χ1n) is 15.2. The predicted octanol–water partition coefficient (Wildman–Crippen LogP) is 2.81. The minimum Gasteiger partial charge on any atom is -0.507 e. The molecular weight excluding hydrogens is 596 g/mol. The Bertz CT molecular complexity index is 1400. The number of hydrogen-bond acceptors (Lipinski definition) is 10. The summed E-state index contributed by atoms with van der Waals surface area (Å²) in [4.78, 5) is 61.6. The fourth-order valence-corrected chi connectivity index (χ4v) is 4.74. The SMILES string of the molecule is CCC(C)/C=C/C=C/C=C/C(=O)/C=C(\O)C1=C2C=C(CC(O)CO)/C(=C/NCCCCC(NC(C)=O)C(=O)O)C(=O)[C@]2(C)OC1=O. The van der Waals surface area contributed by atoms with Crippen molar-refractivity contribution in [3.8, 4) is 0 Å². The van der Waals surface area contributed by atoms with E-state index in [2.05, 4.69) is 24.5 Å². The average molecular weight is 641 g/mol. The van der Waals surface area contributed by atoms with Gasteiger partial charge >= 0.3 is 11.9 Å². The number of carboxylic acids is 1. The molecule has 12 nitrogen and oxygen atoms in total. The first-order valence-corrected chi connectivity index (χ1v) is 15.2. The van der Waals surface area contributed by atoms with Crippen LogP contribution in [0.1, 0.15) is 59.8 Å². The van der Waals surface area contributed by atoms with Gasteiger partial charge in [-0.25, -0.2) is 9.59 Å². The first kappa shape index (κ1) is 37.6. The Hall–Kier alpha value is -4.55. The van der Waals surface area contributed by atoms with Crippen molar-refractivity contribution < 1.29 is 49.1 Å². The van der Waals surface area contributed by atoms with Crippen LogP contribution in [0.2, 0.25) is 0 Å². The van der Waals surface area contributed by atoms with Gasteiger partial charge in [-0.05, 0) is 49.8 Å². The van der Waals surface area contributed by atoms with Crippen LogP contribution in [-0.2, 0) is 28.7 Å². The third-order valence-electron chi connectivity index (χ3n) is 7.49. The second kappa shape index (κ2) is 17.8. The highest BCUT2D eigenvalue weighted by Gasteiger charge is 2.53. The largest absolute Gasteiger partial charge is 0.507 e. The third-order valence-corrected chi connectivity index (χ3v) is 7.49. The Balaban J connectivity index is 2.29. The van der Waals surface area contributed by atoms with E-state index in [9.17, 15) is 44.4 Å². The van der Waals surface area contributed by atoms with Crippen molar-refractivity contribution >= 4 is 29.4 Å². The molecule has 0 aromatic carbocycles. The summed E-state index contributed by atoms with van der Waals surface area (Å²) in [5.74, 6) is -4.12. The quantitative estimate of drug-likeness (QED) is 0.0423. The van der Waals surface area contributed by atoms with Crippen molar-refractivity contribution in [2.45, 2.75) is 77.5 Å². The van der Waals surface area contributed by atoms with Gasteiger partial charge in [-0.15, -0.1) is 0 Å². The number of rotatable bonds is 18. The molecule has 250 valence electrons. The van der Waals surface area contributed by atoms with E-state index < -0.39 is 59.5 Å². The van der Waals surface area contributed by atoms with Crippen molar-refractivity contribution in [2.75, 3.05) is 13.2 Å². The number of ether oxygens (including phenoxy) is 1. The molecule has 46 heavy (non-hydrogen) atoms. The van der Waals surface area contributed by atoms with E-state index in [1.165, 1.54) is 38.3 Å². The Morgan fingerprint density at radius 1 is 1.09 bits per heavy atom. The molecule has 0 aromatic rings. The lowest BCUT2D eigenvalue weighted by Gasteiger charge is -2.31. The first-order chi connectivity index (χ1) is 21.7. The van der Waals surface area contributed by atoms with Gasteiger partial charge in [0.05, 0.1) is 12.7 Å². The number of carbonyl (C=O) groups excluding carboxylic acids is 4. The van der Waals surface area contributed by atoms with Gasteiger partial charge in [-0.3, -0.25) is 14.4 Å². The number of carbonyl (C=O) groups is 5. The molecule has 0 fully saturated rings. The molecule has 1 aliphatic heterocycles. The van der Waals surface area contributed by atoms with Crippen LogP contribution in [0.4, 0.5) is 0 Å². The molecule has 1 amide bonds. The maximum absolute atomic E-state index is 13.7. The Morgan fingerprint density at radius 3 is 2.41 bits per heavy atom. The standard InChI is InChI=1S/C34H44N2O10/c1-5-21(2)12-8-6-7-9-13-24(39)18-29(41)30-27-17-23(16-25(40)20-37)26(31(42)34(27,4)46-33(30)45)19-35-15-11-10-14-28(32(43)44)36-22(3)38/h6-9,12-13,17-19,21,25,28,35,37,40-41H,5,10-11,14-16,20H2,1-4H3,(H,36,38)(H,43,44)/b7-6+,12-8+,13-9+,26-19-,29-18-/t21?,25?,28?,34-/m1/s1. The second-order valence-corrected chi connectivity index (χ2v) is 11.3. The molecule has 0 spiro atoms. The van der Waals surface area contributed by atoms with E-state index in [4.69, 9.17) is 4.74 Å². The number of ketones is 2. The highest BCUT2D eigenvalue weighted by molar-refractivity contribution is 6.15. The molecule has 2 aliphatic rings. The van der Waals surface area contributed by atoms with Gasteiger partial charge in [0.2, 0.25) is 11.7 Å². The summed E-state index contributed by atoms with van der Waals surface area (Å²) in [6, 6.07) is -1.02. The molecule has 3 unspecified atom stereocenters. The smallest absolute Gasteiger partial charge is 0.343 e. The van der Waals surface area contributed by atoms with E-state index in [-0.39, 0.29) is 35.1 Å². The number of Topliss-reactive ketones (excluding diaryl/α,β-unsaturated/α-hetero) is 1. The summed E-state index contributed by atoms with van der Waals surface area (Å²) in [5.41, 5.74) is -1.84. The molecule has 2 rings (SSSR count). The van der Waals surface area contributed by atoms with Crippen molar-refractivity contribution in [2.24, 2.45) is 5.92 Å². The number of esters is 1. The van der Waals surface area contributed by atoms with Crippen LogP contribution in [0.3, 0.4) is 0 Å². The van der Waals surface area contributed by atoms with Crippen molar-refractivity contribution in [1.82, 2.24) is 10.6 Å². The summed E-state index contributed by atoms with van der Waals surface area (Å²) in [6.07, 6.45) is 14.4. The summed E-state index contributed by atoms with van der Waals surface area (Å²) < 4.78 is 5.44. The molecule has 0 radical (unpaired) electrons. The second-order valence-electron chi connectivity index (χ2n) is 11.3. The van der Waals surface area contributed by atoms with Gasteiger partial charge in [0.15, 0.2) is 11.4 Å². The van der Waals surface area contributed by atoms with Crippen LogP contribution in [0.15, 0.2) is 82.9 Å². The topological polar surface area (TPSA) is 200 Å². The van der Waals surface area contributed by atoms with Gasteiger partial charge in [0.1, 0.15) is 17.4 Å². The van der Waals surface area contributed by atoms with Crippen LogP contribution >= 0.6 is 0 Å². The van der Waals surface area contributed by atoms with Crippen molar-refractivity contribution in [3.63, 3.8) is 0 Å². The number of aliphatic hydroxyl groups excluding tert-OH is 3. The van der Waals surface area contributed by atoms with Crippen LogP contribution < -0.4 is 10.6 Å². The van der Waals surface area contributed by atoms with Gasteiger partial charge in [-0.1, -0.05) is 50.6 Å². The van der Waals surface area contributed by atoms with Crippen molar-refractivity contribution in [1.29, 1.82) is 0 Å². The number of aliphatic carboxylic acids is 1. The number of unbranched alkanes of at least 4 members (excludes halogenated alkanes) is 1. The molecule has 4 atom stereocenters. The van der Waals surface area contributed by atoms with E-state index in [1.54, 1.807) is 12.2 Å². The number of hydrogen-bond donors (Lipinski definition) is 6. The van der Waals surface area contributed by atoms with Gasteiger partial charge in [0.25, 0.3) is 0 Å². The lowest BCUT2D eigenvalue weighted by Crippen LogP contribution is -2.42. The third kappa shape index (κ3) is 10.5. The predicted molar refractivity (Wildman–Crippen MR) is 170 cm³/mol. The van der Waals surface area contributed by atoms with Crippen LogP contribution in [-0.4, -0.2) is 80.7 Å². The molecule has 0 aromatic heterocycles. The zero-order chi connectivity index (χ0) is 34.4. The van der Waals surface area contributed by atoms with Gasteiger partial charge < -0.3 is 35.8 Å². The monoisotopic (exact) mass is 640 g/mol. The summed E-state index contributed by atoms with van der Waals surface area (Å²) in [6.45, 7) is 6.47. The Kier molecular flexibility index (Phi) is 14.6. The van der Waals surface area contributed by atoms with E-state index in [0.717, 1.165) is 12.5 Å². The number of allylic oxidation sites excluding steroid dienone is 7. The van der Waals surface area contributed by atoms with Crippen molar-refractivity contribution in [3.05, 3.63) is 82.9 Å². The fraction of sp³-hybridized carbons (Fsp3) is 0.441. The molecule has 0 saturated carbocycles. The van der Waals surface area contributed by atoms with Crippen LogP contribution in [0.25, 0.3) is 0 Å². The number of aliphatic hydroxyl groups is 3. The minimum absolute atomic E-state index is 0.0121. The summed E-state index contributed by atoms with van der Waals surface area (Å²) in [5, 5.41) is 45.0. The van der Waals surface area contributed by atoms with Crippen LogP contribution in [0, 0.1) is 5.92 Å². The van der Waals surface area contributed by atoms with Crippen LogP contribution in [0.5, 0.6) is 0 Å². The van der Waals surface area contributed by atoms with E-state index in [0.29, 0.717) is 25.3 Å². The fourth-order valence-electron chi connectivity index (χ4n) is 4.74. The minimum atomic E-state index is -1.83. The number of amides is 1. The number of fused-ring (bicyclic) bond motifs is 1. The van der Waals surface area contributed by atoms with Gasteiger partial charge in [-0.2, -0.15) is 0 Å². The maximum Gasteiger partial charge on any atom is 0.343 e. The molecule has 0 saturated heterocycles. The maximum atomic E-state index is 13.7. The highest BCUT2D eigenvalue weighted by Crippen LogP contribution is 2.44. The average Bonchev–Trinajstić information content (AvgIpc) is 3.26. The lowest BCUT2D eigenvalue weighted by atomic mass is 9.76. The molecule has 6 N–H and O–H groups in total. The summed E-state index contributed by atoms with van der Waals surface area (Å²) >= 11 is 0. The molecular formula is C34H44N2O10. The Morgan fingerprint density at radius 2 is 1.78 bits per heavy atom. The Labute approximate surface area is 268 Å². The normalized spacial score (nSPS) is 21.5. The molecule has 1 heterocycles. The zero-order valence-electron chi connectivity index (χ0n) is 26.6. The molecule has 1 aliphatic carbocycles. The van der Waals surface area contributed by atoms with E-state index >= 15 is 0 Å². The highest BCUT2D eigenvalue weighted by atomic mass is 16.6. The van der Waals surface area contributed by atoms with Gasteiger partial charge in [0, 0.05) is 43.3 Å². The lowest BCUT2D eigenvalue weighted by molar-refractivity contribution is -0.152. The van der Waals surface area contributed by atoms with E-state index in [1.807, 2.05) is 12.2 Å². The number of carboxylic acid groups (broad SMARTS) is 1. The molecule has 0 bridgehead atoms. The summed E-state index contributed by atoms with van der Waals surface area (Å²) in [7, 11) is 0. The molecule has 12 heteroatoms. The zero-order valence-corrected chi connectivity index (χ0v) is 26.6. The number of nitrogens with one attached hydrogen (secondary N) is 2.